The van der Waals surface area contributed by atoms with Crippen LogP contribution in [0.5, 0.6) is 0 Å². The fraction of sp³-hybridized carbons (Fsp3) is 0.333. The minimum atomic E-state index is 0.514. The molecule has 10 N–H and O–H groups in total. The number of oxazole rings is 1. The number of rotatable bonds is 8. The normalized spacial score (nSPS) is 9.75. The number of azo groups is 1. The lowest BCUT2D eigenvalue weighted by molar-refractivity contribution is 0.308. The molecule has 8 heterocycles. The van der Waals surface area contributed by atoms with E-state index in [-0.39, 0.29) is 0 Å². The molecule has 304 valence electrons. The monoisotopic (exact) mass is 786 g/mol. The summed E-state index contributed by atoms with van der Waals surface area (Å²) in [5, 5.41) is 69.1. The highest BCUT2D eigenvalue weighted by Crippen LogP contribution is 2.00. The summed E-state index contributed by atoms with van der Waals surface area (Å²) in [5.74, 6) is 4.92. The van der Waals surface area contributed by atoms with Crippen LogP contribution >= 0.6 is 0 Å². The van der Waals surface area contributed by atoms with E-state index in [4.69, 9.17) is 0 Å². The van der Waals surface area contributed by atoms with Crippen molar-refractivity contribution in [2.75, 3.05) is 100 Å². The molecule has 1 aliphatic rings. The molecular formula is C27H46N24O5. The second-order valence-corrected chi connectivity index (χ2v) is 8.84. The summed E-state index contributed by atoms with van der Waals surface area (Å²) >= 11 is 0. The largest absolute Gasteiger partial charge is 0.449 e. The molecule has 0 unspecified atom stereocenters. The highest BCUT2D eigenvalue weighted by Gasteiger charge is 1.92. The van der Waals surface area contributed by atoms with Gasteiger partial charge in [-0.2, -0.15) is 20.4 Å². The van der Waals surface area contributed by atoms with Crippen LogP contribution in [0.15, 0.2) is 101 Å². The van der Waals surface area contributed by atoms with E-state index in [9.17, 15) is 0 Å². The molecule has 0 saturated heterocycles. The molecule has 0 amide bonds. The second-order valence-electron chi connectivity index (χ2n) is 8.84. The molecule has 29 nitrogen and oxygen atoms in total. The minimum Gasteiger partial charge on any atom is -0.449 e. The van der Waals surface area contributed by atoms with Crippen molar-refractivity contribution < 1.29 is 22.6 Å². The SMILES string of the molecule is CNC1=CCN=N1.CNc1ccon1.CNc1cnoc1.CNc1cnon1.CNc1cocn1.CNc1conn1.CNc1ncn[nH]1.CNc1nn[nH]n1. The van der Waals surface area contributed by atoms with Crippen molar-refractivity contribution in [3.05, 3.63) is 68.1 Å². The van der Waals surface area contributed by atoms with Crippen LogP contribution in [0.4, 0.5) is 40.9 Å². The Morgan fingerprint density at radius 1 is 0.679 bits per heavy atom. The van der Waals surface area contributed by atoms with Gasteiger partial charge in [0.1, 0.15) is 37.1 Å². The first kappa shape index (κ1) is 45.9. The zero-order chi connectivity index (χ0) is 40.9. The number of hydrogen-bond donors (Lipinski definition) is 10. The van der Waals surface area contributed by atoms with Crippen molar-refractivity contribution in [3.63, 3.8) is 0 Å². The standard InChI is InChI=1S/C4H7N3.3C4H6N2O.C3H6N4.2C3H5N3O.C2H5N5/c1-5-4-2-3-6-7-4;1-5-4-2-7-3-6-4;1-5-4-2-6-7-3-4;1-5-4-2-3-7-6-4;1-4-3-5-2-6-7-3;1-4-3-2-7-6-5-3;1-4-3-2-5-7-6-3;1-3-2-4-6-7-5-2/h2,5H,3H2,1H3;2*2-3,5H,1H3;2-3H,1H3,(H,5,6);2H,1H3,(H2,4,5,6,7);2,4H,1H3;2H,1H3,(H,4,6);1H3,(H2,3,4,5,6,7). The first-order valence-corrected chi connectivity index (χ1v) is 15.8. The van der Waals surface area contributed by atoms with Crippen LogP contribution in [0.2, 0.25) is 0 Å². The van der Waals surface area contributed by atoms with Crippen molar-refractivity contribution in [2.45, 2.75) is 0 Å². The number of aromatic nitrogens is 14. The maximum absolute atomic E-state index is 4.63. The number of aromatic amines is 2. The summed E-state index contributed by atoms with van der Waals surface area (Å²) in [4.78, 5) is 7.51. The predicted octanol–water partition coefficient (Wildman–Crippen LogP) is 1.97. The Labute approximate surface area is 319 Å². The van der Waals surface area contributed by atoms with Gasteiger partial charge in [-0.1, -0.05) is 25.7 Å². The Kier molecular flexibility index (Phi) is 25.9. The van der Waals surface area contributed by atoms with Crippen molar-refractivity contribution in [3.8, 4) is 0 Å². The van der Waals surface area contributed by atoms with Crippen LogP contribution in [-0.4, -0.2) is 135 Å². The van der Waals surface area contributed by atoms with E-state index in [1.54, 1.807) is 67.1 Å². The van der Waals surface area contributed by atoms with Crippen LogP contribution < -0.4 is 42.5 Å². The summed E-state index contributed by atoms with van der Waals surface area (Å²) in [6, 6.07) is 1.75. The number of anilines is 7. The third kappa shape index (κ3) is 22.6. The van der Waals surface area contributed by atoms with Crippen molar-refractivity contribution in [2.24, 2.45) is 10.2 Å². The van der Waals surface area contributed by atoms with Crippen LogP contribution in [0.25, 0.3) is 0 Å². The van der Waals surface area contributed by atoms with Gasteiger partial charge in [0.15, 0.2) is 35.9 Å². The molecule has 0 radical (unpaired) electrons. The second kappa shape index (κ2) is 31.6. The van der Waals surface area contributed by atoms with E-state index >= 15 is 0 Å². The summed E-state index contributed by atoms with van der Waals surface area (Å²) in [5.41, 5.74) is 0.903. The lowest BCUT2D eigenvalue weighted by atomic mass is 10.6. The molecule has 0 spiro atoms. The summed E-state index contributed by atoms with van der Waals surface area (Å²) < 4.78 is 22.2. The molecule has 0 aliphatic carbocycles. The van der Waals surface area contributed by atoms with Gasteiger partial charge in [-0.05, 0) is 16.4 Å². The lowest BCUT2D eigenvalue weighted by Crippen LogP contribution is -2.00. The van der Waals surface area contributed by atoms with Crippen LogP contribution in [-0.2, 0) is 0 Å². The van der Waals surface area contributed by atoms with E-state index in [1.807, 2.05) is 20.2 Å². The maximum Gasteiger partial charge on any atom is 0.262 e. The quantitative estimate of drug-likeness (QED) is 0.105. The number of H-pyrrole nitrogens is 2. The number of nitrogens with one attached hydrogen (secondary N) is 10. The van der Waals surface area contributed by atoms with Crippen LogP contribution in [0.3, 0.4) is 0 Å². The Balaban J connectivity index is 0.000000320. The molecule has 7 aromatic rings. The topological polar surface area (TPSA) is 373 Å². The van der Waals surface area contributed by atoms with Gasteiger partial charge in [-0.25, -0.2) is 14.7 Å². The molecule has 0 aromatic carbocycles. The molecule has 0 saturated carbocycles. The van der Waals surface area contributed by atoms with Crippen LogP contribution in [0, 0.1) is 0 Å². The molecule has 8 rings (SSSR count). The fourth-order valence-electron chi connectivity index (χ4n) is 2.58. The van der Waals surface area contributed by atoms with Crippen LogP contribution in [0.1, 0.15) is 0 Å². The van der Waals surface area contributed by atoms with E-state index in [0.29, 0.717) is 23.5 Å². The number of tetrazole rings is 1. The van der Waals surface area contributed by atoms with Gasteiger partial charge < -0.3 is 60.5 Å². The zero-order valence-electron chi connectivity index (χ0n) is 31.8. The van der Waals surface area contributed by atoms with Gasteiger partial charge in [0.05, 0.1) is 18.4 Å². The molecular weight excluding hydrogens is 740 g/mol. The minimum absolute atomic E-state index is 0.514. The lowest BCUT2D eigenvalue weighted by Gasteiger charge is -1.87. The first-order chi connectivity index (χ1) is 27.5. The van der Waals surface area contributed by atoms with E-state index < -0.39 is 0 Å². The predicted molar refractivity (Wildman–Crippen MR) is 202 cm³/mol. The summed E-state index contributed by atoms with van der Waals surface area (Å²) in [6.07, 6.45) is 13.9. The van der Waals surface area contributed by atoms with Gasteiger partial charge in [0.25, 0.3) is 5.95 Å². The molecule has 0 atom stereocenters. The van der Waals surface area contributed by atoms with Crippen molar-refractivity contribution >= 4 is 40.9 Å². The van der Waals surface area contributed by atoms with Crippen molar-refractivity contribution in [1.29, 1.82) is 0 Å². The summed E-state index contributed by atoms with van der Waals surface area (Å²) in [7, 11) is 14.2. The molecule has 56 heavy (non-hydrogen) atoms. The fourth-order valence-corrected chi connectivity index (χ4v) is 2.58. The molecule has 1 aliphatic heterocycles. The smallest absolute Gasteiger partial charge is 0.262 e. The molecule has 0 bridgehead atoms. The molecule has 0 fully saturated rings. The van der Waals surface area contributed by atoms with Gasteiger partial charge >= 0.3 is 0 Å². The Hall–Kier alpha value is -8.14. The van der Waals surface area contributed by atoms with E-state index in [1.165, 1.54) is 31.4 Å². The zero-order valence-corrected chi connectivity index (χ0v) is 31.8. The molecule has 7 aromatic heterocycles. The van der Waals surface area contributed by atoms with Gasteiger partial charge in [0, 0.05) is 67.7 Å². The van der Waals surface area contributed by atoms with Crippen molar-refractivity contribution in [1.82, 2.24) is 77.1 Å². The highest BCUT2D eigenvalue weighted by molar-refractivity contribution is 5.34. The van der Waals surface area contributed by atoms with E-state index in [2.05, 4.69) is 147 Å². The highest BCUT2D eigenvalue weighted by atomic mass is 16.6. The average molecular weight is 787 g/mol. The van der Waals surface area contributed by atoms with Gasteiger partial charge in [-0.15, -0.1) is 10.2 Å². The average Bonchev–Trinajstić information content (AvgIpc) is 4.13. The Morgan fingerprint density at radius 2 is 1.48 bits per heavy atom. The number of nitrogens with zero attached hydrogens (tertiary/aromatic N) is 14. The third-order valence-corrected chi connectivity index (χ3v) is 5.36. The maximum atomic E-state index is 4.63. The van der Waals surface area contributed by atoms with Gasteiger partial charge in [-0.3, -0.25) is 0 Å². The Bertz CT molecular complexity index is 1460. The number of hydrogen-bond acceptors (Lipinski definition) is 27. The summed E-state index contributed by atoms with van der Waals surface area (Å²) in [6.45, 7) is 0.732. The van der Waals surface area contributed by atoms with Gasteiger partial charge in [0.2, 0.25) is 5.95 Å². The third-order valence-electron chi connectivity index (χ3n) is 5.36. The molecule has 29 heteroatoms. The Morgan fingerprint density at radius 3 is 1.77 bits per heavy atom. The first-order valence-electron chi connectivity index (χ1n) is 15.8. The van der Waals surface area contributed by atoms with E-state index in [0.717, 1.165) is 29.7 Å².